The van der Waals surface area contributed by atoms with Crippen molar-refractivity contribution in [3.63, 3.8) is 0 Å². The van der Waals surface area contributed by atoms with Crippen molar-refractivity contribution in [1.82, 2.24) is 0 Å². The van der Waals surface area contributed by atoms with Crippen LogP contribution in [0, 0.1) is 0 Å². The van der Waals surface area contributed by atoms with E-state index >= 15 is 0 Å². The molecule has 0 radical (unpaired) electrons. The molecule has 0 fully saturated rings. The van der Waals surface area contributed by atoms with E-state index in [4.69, 9.17) is 0 Å². The number of para-hydroxylation sites is 4. The first-order chi connectivity index (χ1) is 27.8. The minimum Gasteiger partial charge on any atom is -0.310 e. The van der Waals surface area contributed by atoms with Crippen molar-refractivity contribution in [2.45, 2.75) is 0 Å². The van der Waals surface area contributed by atoms with Gasteiger partial charge >= 0.3 is 0 Å². The van der Waals surface area contributed by atoms with Gasteiger partial charge in [0, 0.05) is 33.5 Å². The van der Waals surface area contributed by atoms with Crippen molar-refractivity contribution in [2.75, 3.05) is 9.80 Å². The SMILES string of the molecule is c1ccc(-c2ccc3c(c2)c(N(c2ccccc2)c2ccccc2)cc2c4ccc(-c5ccccc5)cc4c(N(c4ccccc4)c4ccccc4)cc32)cc1. The molecule has 0 N–H and O–H groups in total. The highest BCUT2D eigenvalue weighted by molar-refractivity contribution is 6.25. The van der Waals surface area contributed by atoms with Crippen molar-refractivity contribution >= 4 is 66.4 Å². The maximum absolute atomic E-state index is 2.43. The molecule has 0 aliphatic rings. The number of rotatable bonds is 8. The predicted octanol–water partition coefficient (Wildman–Crippen LogP) is 15.4. The van der Waals surface area contributed by atoms with Crippen LogP contribution in [-0.4, -0.2) is 0 Å². The molecule has 0 amide bonds. The maximum Gasteiger partial charge on any atom is 0.0546 e. The van der Waals surface area contributed by atoms with E-state index in [1.165, 1.54) is 54.6 Å². The second-order valence-corrected chi connectivity index (χ2v) is 14.2. The molecule has 10 aromatic carbocycles. The third-order valence-electron chi connectivity index (χ3n) is 10.8. The molecule has 10 aromatic rings. The van der Waals surface area contributed by atoms with Crippen LogP contribution in [0.2, 0.25) is 0 Å². The Morgan fingerprint density at radius 2 is 0.482 bits per heavy atom. The molecular weight excluding hydrogens is 677 g/mol. The molecule has 0 atom stereocenters. The fraction of sp³-hybridized carbons (Fsp3) is 0. The first kappa shape index (κ1) is 33.2. The molecule has 2 nitrogen and oxygen atoms in total. The number of anilines is 6. The van der Waals surface area contributed by atoms with Crippen molar-refractivity contribution in [2.24, 2.45) is 0 Å². The minimum atomic E-state index is 1.11. The number of hydrogen-bond donors (Lipinski definition) is 0. The van der Waals surface area contributed by atoms with Gasteiger partial charge in [-0.15, -0.1) is 0 Å². The monoisotopic (exact) mass is 714 g/mol. The van der Waals surface area contributed by atoms with Crippen LogP contribution in [0.4, 0.5) is 34.1 Å². The summed E-state index contributed by atoms with van der Waals surface area (Å²) in [5.74, 6) is 0. The van der Waals surface area contributed by atoms with Crippen molar-refractivity contribution in [3.05, 3.63) is 231 Å². The van der Waals surface area contributed by atoms with E-state index < -0.39 is 0 Å². The molecular formula is C54H38N2. The van der Waals surface area contributed by atoms with E-state index in [0.29, 0.717) is 0 Å². The Morgan fingerprint density at radius 1 is 0.196 bits per heavy atom. The van der Waals surface area contributed by atoms with Gasteiger partial charge in [0.1, 0.15) is 0 Å². The summed E-state index contributed by atoms with van der Waals surface area (Å²) in [7, 11) is 0. The summed E-state index contributed by atoms with van der Waals surface area (Å²) in [5.41, 5.74) is 11.4. The van der Waals surface area contributed by atoms with Gasteiger partial charge in [0.15, 0.2) is 0 Å². The summed E-state index contributed by atoms with van der Waals surface area (Å²) >= 11 is 0. The van der Waals surface area contributed by atoms with Crippen molar-refractivity contribution in [3.8, 4) is 22.3 Å². The molecule has 10 rings (SSSR count). The minimum absolute atomic E-state index is 1.11. The predicted molar refractivity (Wildman–Crippen MR) is 239 cm³/mol. The average Bonchev–Trinajstić information content (AvgIpc) is 3.28. The topological polar surface area (TPSA) is 6.48 Å². The zero-order valence-corrected chi connectivity index (χ0v) is 30.8. The van der Waals surface area contributed by atoms with E-state index in [1.54, 1.807) is 0 Å². The fourth-order valence-corrected chi connectivity index (χ4v) is 8.17. The standard InChI is InChI=1S/C54H38N2/c1-7-19-39(20-8-1)41-31-33-47-49-38-54(56(45-27-15-5-16-28-45)46-29-17-6-18-30-46)52-36-42(40-21-9-2-10-22-40)32-34-48(52)50(49)37-53(51(47)35-41)55(43-23-11-3-12-24-43)44-25-13-4-14-26-44/h1-38H. The van der Waals surface area contributed by atoms with Gasteiger partial charge in [-0.1, -0.05) is 158 Å². The average molecular weight is 715 g/mol. The highest BCUT2D eigenvalue weighted by atomic mass is 15.1. The molecule has 2 heteroatoms. The molecule has 0 unspecified atom stereocenters. The summed E-state index contributed by atoms with van der Waals surface area (Å²) in [6.07, 6.45) is 0. The summed E-state index contributed by atoms with van der Waals surface area (Å²) in [6.45, 7) is 0. The van der Waals surface area contributed by atoms with Gasteiger partial charge in [-0.3, -0.25) is 0 Å². The molecule has 0 heterocycles. The zero-order chi connectivity index (χ0) is 37.3. The third kappa shape index (κ3) is 6.04. The Bertz CT molecular complexity index is 2650. The molecule has 0 aliphatic heterocycles. The summed E-state index contributed by atoms with van der Waals surface area (Å²) in [6, 6.07) is 83.2. The molecule has 0 spiro atoms. The summed E-state index contributed by atoms with van der Waals surface area (Å²) < 4.78 is 0. The second-order valence-electron chi connectivity index (χ2n) is 14.2. The Kier molecular flexibility index (Phi) is 8.55. The van der Waals surface area contributed by atoms with Gasteiger partial charge in [-0.2, -0.15) is 0 Å². The van der Waals surface area contributed by atoms with E-state index in [9.17, 15) is 0 Å². The van der Waals surface area contributed by atoms with Crippen LogP contribution >= 0.6 is 0 Å². The van der Waals surface area contributed by atoms with Gasteiger partial charge in [-0.05, 0) is 117 Å². The van der Waals surface area contributed by atoms with Crippen molar-refractivity contribution < 1.29 is 0 Å². The van der Waals surface area contributed by atoms with Crippen LogP contribution in [-0.2, 0) is 0 Å². The molecule has 0 bridgehead atoms. The highest BCUT2D eigenvalue weighted by Gasteiger charge is 2.23. The molecule has 0 saturated carbocycles. The van der Waals surface area contributed by atoms with Crippen LogP contribution < -0.4 is 9.80 Å². The van der Waals surface area contributed by atoms with Gasteiger partial charge in [0.05, 0.1) is 11.4 Å². The highest BCUT2D eigenvalue weighted by Crippen LogP contribution is 2.48. The Hall–Kier alpha value is -7.42. The van der Waals surface area contributed by atoms with Crippen LogP contribution in [0.25, 0.3) is 54.6 Å². The molecule has 0 saturated heterocycles. The lowest BCUT2D eigenvalue weighted by molar-refractivity contribution is 1.30. The summed E-state index contributed by atoms with van der Waals surface area (Å²) in [5, 5.41) is 7.18. The second kappa shape index (κ2) is 14.4. The van der Waals surface area contributed by atoms with Crippen LogP contribution in [0.5, 0.6) is 0 Å². The first-order valence-electron chi connectivity index (χ1n) is 19.2. The molecule has 56 heavy (non-hydrogen) atoms. The lowest BCUT2D eigenvalue weighted by atomic mass is 9.90. The Morgan fingerprint density at radius 3 is 0.786 bits per heavy atom. The van der Waals surface area contributed by atoms with Crippen LogP contribution in [0.3, 0.4) is 0 Å². The number of fused-ring (bicyclic) bond motifs is 5. The fourth-order valence-electron chi connectivity index (χ4n) is 8.17. The van der Waals surface area contributed by atoms with E-state index in [1.807, 2.05) is 0 Å². The largest absolute Gasteiger partial charge is 0.310 e. The zero-order valence-electron chi connectivity index (χ0n) is 30.8. The van der Waals surface area contributed by atoms with Crippen LogP contribution in [0.1, 0.15) is 0 Å². The lowest BCUT2D eigenvalue weighted by Crippen LogP contribution is -2.11. The molecule has 264 valence electrons. The lowest BCUT2D eigenvalue weighted by Gasteiger charge is -2.30. The van der Waals surface area contributed by atoms with E-state index in [-0.39, 0.29) is 0 Å². The third-order valence-corrected chi connectivity index (χ3v) is 10.8. The summed E-state index contributed by atoms with van der Waals surface area (Å²) in [4.78, 5) is 4.82. The quantitative estimate of drug-likeness (QED) is 0.145. The van der Waals surface area contributed by atoms with Gasteiger partial charge < -0.3 is 9.80 Å². The van der Waals surface area contributed by atoms with Crippen LogP contribution in [0.15, 0.2) is 231 Å². The van der Waals surface area contributed by atoms with Crippen molar-refractivity contribution in [1.29, 1.82) is 0 Å². The van der Waals surface area contributed by atoms with E-state index in [2.05, 4.69) is 240 Å². The van der Waals surface area contributed by atoms with E-state index in [0.717, 1.165) is 34.1 Å². The smallest absolute Gasteiger partial charge is 0.0546 e. The molecule has 0 aromatic heterocycles. The normalized spacial score (nSPS) is 11.2. The van der Waals surface area contributed by atoms with Gasteiger partial charge in [0.25, 0.3) is 0 Å². The Balaban J connectivity index is 1.35. The molecule has 0 aliphatic carbocycles. The number of hydrogen-bond acceptors (Lipinski definition) is 2. The first-order valence-corrected chi connectivity index (χ1v) is 19.2. The maximum atomic E-state index is 2.43. The Labute approximate surface area is 327 Å². The van der Waals surface area contributed by atoms with Gasteiger partial charge in [0.2, 0.25) is 0 Å². The van der Waals surface area contributed by atoms with Gasteiger partial charge in [-0.25, -0.2) is 0 Å². The number of nitrogens with zero attached hydrogens (tertiary/aromatic N) is 2. The number of benzene rings is 10.